The van der Waals surface area contributed by atoms with Crippen molar-refractivity contribution in [2.45, 2.75) is 25.2 Å². The fraction of sp³-hybridized carbons (Fsp3) is 0.714. The summed E-state index contributed by atoms with van der Waals surface area (Å²) in [6, 6.07) is 2.08. The second-order valence-electron chi connectivity index (χ2n) is 5.64. The minimum Gasteiger partial charge on any atom is -0.373 e. The number of nitrogens with zero attached hydrogens (tertiary/aromatic N) is 4. The fourth-order valence-corrected chi connectivity index (χ4v) is 2.54. The molecule has 2 heterocycles. The normalized spacial score (nSPS) is 21.3. The minimum absolute atomic E-state index is 0.599. The maximum atomic E-state index is 4.79. The molecule has 0 aromatic carbocycles. The predicted molar refractivity (Wildman–Crippen MR) is 77.9 cm³/mol. The van der Waals surface area contributed by atoms with E-state index in [4.69, 9.17) is 4.98 Å². The van der Waals surface area contributed by atoms with Gasteiger partial charge in [-0.1, -0.05) is 0 Å². The Bertz CT molecular complexity index is 443. The Morgan fingerprint density at radius 3 is 2.74 bits per heavy atom. The number of hydrogen-bond acceptors (Lipinski definition) is 5. The SMILES string of the molecule is CNc1cc(N2CCCN(C)CC2)nc(C2CC2)n1. The molecule has 3 rings (SSSR count). The number of rotatable bonds is 3. The van der Waals surface area contributed by atoms with Crippen LogP contribution in [0.5, 0.6) is 0 Å². The zero-order valence-electron chi connectivity index (χ0n) is 11.9. The number of anilines is 2. The van der Waals surface area contributed by atoms with Crippen LogP contribution >= 0.6 is 0 Å². The highest BCUT2D eigenvalue weighted by atomic mass is 15.2. The molecule has 1 aromatic heterocycles. The molecule has 0 atom stereocenters. The van der Waals surface area contributed by atoms with Gasteiger partial charge in [0.15, 0.2) is 0 Å². The molecular formula is C14H23N5. The van der Waals surface area contributed by atoms with Crippen LogP contribution in [0.4, 0.5) is 11.6 Å². The number of nitrogens with one attached hydrogen (secondary N) is 1. The van der Waals surface area contributed by atoms with Crippen LogP contribution in [0.25, 0.3) is 0 Å². The largest absolute Gasteiger partial charge is 0.373 e. The summed E-state index contributed by atoms with van der Waals surface area (Å²) in [5.41, 5.74) is 0. The molecule has 0 amide bonds. The van der Waals surface area contributed by atoms with Gasteiger partial charge < -0.3 is 15.1 Å². The molecule has 5 nitrogen and oxygen atoms in total. The molecule has 0 unspecified atom stereocenters. The van der Waals surface area contributed by atoms with Crippen LogP contribution in [-0.4, -0.2) is 55.1 Å². The third kappa shape index (κ3) is 2.97. The summed E-state index contributed by atoms with van der Waals surface area (Å²) >= 11 is 0. The lowest BCUT2D eigenvalue weighted by Crippen LogP contribution is -2.29. The van der Waals surface area contributed by atoms with Crippen LogP contribution in [0.2, 0.25) is 0 Å². The Kier molecular flexibility index (Phi) is 3.55. The molecule has 0 radical (unpaired) electrons. The quantitative estimate of drug-likeness (QED) is 0.894. The van der Waals surface area contributed by atoms with E-state index in [0.717, 1.165) is 37.1 Å². The van der Waals surface area contributed by atoms with Gasteiger partial charge in [0.2, 0.25) is 0 Å². The van der Waals surface area contributed by atoms with Crippen molar-refractivity contribution in [2.24, 2.45) is 0 Å². The van der Waals surface area contributed by atoms with E-state index < -0.39 is 0 Å². The van der Waals surface area contributed by atoms with E-state index in [0.29, 0.717) is 5.92 Å². The van der Waals surface area contributed by atoms with Gasteiger partial charge in [0.1, 0.15) is 17.5 Å². The van der Waals surface area contributed by atoms with Gasteiger partial charge in [0, 0.05) is 38.7 Å². The van der Waals surface area contributed by atoms with Crippen molar-refractivity contribution in [2.75, 3.05) is 50.5 Å². The highest BCUT2D eigenvalue weighted by molar-refractivity contribution is 5.50. The molecule has 1 N–H and O–H groups in total. The zero-order chi connectivity index (χ0) is 13.2. The van der Waals surface area contributed by atoms with Gasteiger partial charge in [0.25, 0.3) is 0 Å². The summed E-state index contributed by atoms with van der Waals surface area (Å²) in [7, 11) is 4.12. The first kappa shape index (κ1) is 12.7. The highest BCUT2D eigenvalue weighted by Gasteiger charge is 2.28. The van der Waals surface area contributed by atoms with Crippen molar-refractivity contribution in [1.29, 1.82) is 0 Å². The first-order valence-corrected chi connectivity index (χ1v) is 7.26. The van der Waals surface area contributed by atoms with Gasteiger partial charge in [-0.25, -0.2) is 9.97 Å². The molecular weight excluding hydrogens is 238 g/mol. The standard InChI is InChI=1S/C14H23N5/c1-15-12-10-13(17-14(16-12)11-4-5-11)19-7-3-6-18(2)8-9-19/h10-11H,3-9H2,1-2H3,(H,15,16,17). The fourth-order valence-electron chi connectivity index (χ4n) is 2.54. The molecule has 19 heavy (non-hydrogen) atoms. The molecule has 0 bridgehead atoms. The third-order valence-corrected chi connectivity index (χ3v) is 3.97. The first-order chi connectivity index (χ1) is 9.26. The van der Waals surface area contributed by atoms with Gasteiger partial charge in [-0.3, -0.25) is 0 Å². The molecule has 1 saturated heterocycles. The summed E-state index contributed by atoms with van der Waals surface area (Å²) in [5, 5.41) is 3.17. The average molecular weight is 261 g/mol. The van der Waals surface area contributed by atoms with E-state index in [1.807, 2.05) is 7.05 Å². The minimum atomic E-state index is 0.599. The monoisotopic (exact) mass is 261 g/mol. The van der Waals surface area contributed by atoms with Crippen molar-refractivity contribution in [3.8, 4) is 0 Å². The topological polar surface area (TPSA) is 44.3 Å². The summed E-state index contributed by atoms with van der Waals surface area (Å²) in [6.07, 6.45) is 3.69. The molecule has 1 aliphatic carbocycles. The zero-order valence-corrected chi connectivity index (χ0v) is 11.9. The van der Waals surface area contributed by atoms with Gasteiger partial charge in [-0.05, 0) is 32.9 Å². The Balaban J connectivity index is 1.83. The summed E-state index contributed by atoms with van der Waals surface area (Å²) < 4.78 is 0. The first-order valence-electron chi connectivity index (χ1n) is 7.26. The number of likely N-dealkylation sites (N-methyl/N-ethyl adjacent to an activating group) is 1. The lowest BCUT2D eigenvalue weighted by molar-refractivity contribution is 0.360. The van der Waals surface area contributed by atoms with E-state index in [9.17, 15) is 0 Å². The van der Waals surface area contributed by atoms with E-state index in [1.54, 1.807) is 0 Å². The van der Waals surface area contributed by atoms with Crippen LogP contribution in [0.3, 0.4) is 0 Å². The summed E-state index contributed by atoms with van der Waals surface area (Å²) in [4.78, 5) is 14.2. The Hall–Kier alpha value is -1.36. The average Bonchev–Trinajstić information content (AvgIpc) is 3.25. The van der Waals surface area contributed by atoms with Crippen molar-refractivity contribution < 1.29 is 0 Å². The van der Waals surface area contributed by atoms with Gasteiger partial charge in [-0.2, -0.15) is 0 Å². The van der Waals surface area contributed by atoms with Crippen LogP contribution < -0.4 is 10.2 Å². The third-order valence-electron chi connectivity index (χ3n) is 3.97. The second-order valence-corrected chi connectivity index (χ2v) is 5.64. The van der Waals surface area contributed by atoms with E-state index >= 15 is 0 Å². The molecule has 2 aliphatic rings. The Morgan fingerprint density at radius 1 is 1.16 bits per heavy atom. The Morgan fingerprint density at radius 2 is 2.00 bits per heavy atom. The molecule has 104 valence electrons. The lowest BCUT2D eigenvalue weighted by Gasteiger charge is -2.22. The molecule has 1 aromatic rings. The lowest BCUT2D eigenvalue weighted by atomic mass is 10.3. The highest BCUT2D eigenvalue weighted by Crippen LogP contribution is 2.39. The molecule has 1 aliphatic heterocycles. The predicted octanol–water partition coefficient (Wildman–Crippen LogP) is 1.54. The van der Waals surface area contributed by atoms with Crippen LogP contribution in [0.1, 0.15) is 31.0 Å². The van der Waals surface area contributed by atoms with Crippen LogP contribution in [0.15, 0.2) is 6.07 Å². The molecule has 2 fully saturated rings. The molecule has 0 spiro atoms. The maximum Gasteiger partial charge on any atom is 0.136 e. The van der Waals surface area contributed by atoms with Crippen LogP contribution in [0, 0.1) is 0 Å². The van der Waals surface area contributed by atoms with E-state index in [2.05, 4.69) is 33.2 Å². The van der Waals surface area contributed by atoms with Gasteiger partial charge in [-0.15, -0.1) is 0 Å². The molecule has 5 heteroatoms. The smallest absolute Gasteiger partial charge is 0.136 e. The second kappa shape index (κ2) is 5.33. The van der Waals surface area contributed by atoms with Crippen molar-refractivity contribution >= 4 is 11.6 Å². The maximum absolute atomic E-state index is 4.79. The Labute approximate surface area is 115 Å². The summed E-state index contributed by atoms with van der Waals surface area (Å²) in [5.74, 6) is 3.67. The van der Waals surface area contributed by atoms with Crippen molar-refractivity contribution in [1.82, 2.24) is 14.9 Å². The van der Waals surface area contributed by atoms with E-state index in [-0.39, 0.29) is 0 Å². The number of aromatic nitrogens is 2. The van der Waals surface area contributed by atoms with Crippen LogP contribution in [-0.2, 0) is 0 Å². The van der Waals surface area contributed by atoms with Gasteiger partial charge >= 0.3 is 0 Å². The molecule has 1 saturated carbocycles. The van der Waals surface area contributed by atoms with E-state index in [1.165, 1.54) is 25.8 Å². The number of hydrogen-bond donors (Lipinski definition) is 1. The van der Waals surface area contributed by atoms with Crippen molar-refractivity contribution in [3.63, 3.8) is 0 Å². The summed E-state index contributed by atoms with van der Waals surface area (Å²) in [6.45, 7) is 4.43. The van der Waals surface area contributed by atoms with Gasteiger partial charge in [0.05, 0.1) is 0 Å². The van der Waals surface area contributed by atoms with Crippen molar-refractivity contribution in [3.05, 3.63) is 11.9 Å².